The van der Waals surface area contributed by atoms with E-state index in [4.69, 9.17) is 9.47 Å². The molecule has 2 aliphatic heterocycles. The van der Waals surface area contributed by atoms with E-state index < -0.39 is 0 Å². The number of benzene rings is 2. The van der Waals surface area contributed by atoms with Gasteiger partial charge >= 0.3 is 0 Å². The van der Waals surface area contributed by atoms with E-state index in [-0.39, 0.29) is 24.0 Å². The molecule has 0 radical (unpaired) electrons. The Bertz CT molecular complexity index is 1240. The van der Waals surface area contributed by atoms with E-state index in [1.165, 1.54) is 5.56 Å². The Hall–Kier alpha value is -3.42. The van der Waals surface area contributed by atoms with Gasteiger partial charge in [-0.1, -0.05) is 36.4 Å². The number of hydrogen-bond donors (Lipinski definition) is 1. The number of pyridine rings is 1. The normalized spacial score (nSPS) is 23.4. The van der Waals surface area contributed by atoms with Crippen LogP contribution in [0.5, 0.6) is 0 Å². The highest BCUT2D eigenvalue weighted by Gasteiger charge is 2.33. The molecule has 7 nitrogen and oxygen atoms in total. The van der Waals surface area contributed by atoms with E-state index in [1.807, 2.05) is 17.0 Å². The van der Waals surface area contributed by atoms with Gasteiger partial charge in [0.25, 0.3) is 0 Å². The van der Waals surface area contributed by atoms with Crippen LogP contribution >= 0.6 is 0 Å². The molecule has 1 aliphatic carbocycles. The van der Waals surface area contributed by atoms with Gasteiger partial charge in [-0.15, -0.1) is 0 Å². The molecular formula is C30H34N4O3. The molecule has 37 heavy (non-hydrogen) atoms. The molecule has 6 rings (SSSR count). The lowest BCUT2D eigenvalue weighted by molar-refractivity contribution is -0.124. The van der Waals surface area contributed by atoms with Crippen LogP contribution < -0.4 is 15.1 Å². The molecule has 1 aromatic heterocycles. The second kappa shape index (κ2) is 10.5. The Morgan fingerprint density at radius 2 is 1.89 bits per heavy atom. The third-order valence-corrected chi connectivity index (χ3v) is 7.97. The van der Waals surface area contributed by atoms with Crippen LogP contribution in [-0.4, -0.2) is 43.8 Å². The summed E-state index contributed by atoms with van der Waals surface area (Å²) in [5, 5.41) is 3.50. The van der Waals surface area contributed by atoms with E-state index in [9.17, 15) is 4.79 Å². The number of amides is 1. The van der Waals surface area contributed by atoms with Gasteiger partial charge in [-0.2, -0.15) is 0 Å². The van der Waals surface area contributed by atoms with Crippen molar-refractivity contribution in [3.8, 4) is 0 Å². The first-order valence-electron chi connectivity index (χ1n) is 13.3. The molecule has 3 aliphatic rings. The lowest BCUT2D eigenvalue weighted by Gasteiger charge is -2.36. The summed E-state index contributed by atoms with van der Waals surface area (Å²) in [5.74, 6) is 1.01. The van der Waals surface area contributed by atoms with Gasteiger partial charge in [0, 0.05) is 43.6 Å². The summed E-state index contributed by atoms with van der Waals surface area (Å²) < 4.78 is 11.7. The summed E-state index contributed by atoms with van der Waals surface area (Å²) in [5.41, 5.74) is 5.14. The van der Waals surface area contributed by atoms with Crippen molar-refractivity contribution in [3.05, 3.63) is 78.0 Å². The fraction of sp³-hybridized carbons (Fsp3) is 0.400. The van der Waals surface area contributed by atoms with E-state index in [0.717, 1.165) is 67.2 Å². The molecule has 1 unspecified atom stereocenters. The molecule has 0 bridgehead atoms. The number of hydrogen-bond acceptors (Lipinski definition) is 6. The molecule has 1 saturated carbocycles. The summed E-state index contributed by atoms with van der Waals surface area (Å²) in [6.45, 7) is 2.75. The molecule has 0 spiro atoms. The second-order valence-electron chi connectivity index (χ2n) is 10.2. The number of morpholine rings is 1. The van der Waals surface area contributed by atoms with E-state index >= 15 is 0 Å². The quantitative estimate of drug-likeness (QED) is 0.516. The lowest BCUT2D eigenvalue weighted by atomic mass is 9.86. The third kappa shape index (κ3) is 4.93. The first kappa shape index (κ1) is 23.9. The van der Waals surface area contributed by atoms with Crippen LogP contribution in [0.4, 0.5) is 22.9 Å². The van der Waals surface area contributed by atoms with Gasteiger partial charge in [-0.05, 0) is 55.5 Å². The molecule has 2 fully saturated rings. The van der Waals surface area contributed by atoms with Crippen molar-refractivity contribution in [2.24, 2.45) is 5.92 Å². The Kier molecular flexibility index (Phi) is 6.81. The number of fused-ring (bicyclic) bond motifs is 2. The first-order valence-corrected chi connectivity index (χ1v) is 13.3. The number of carbonyl (C=O) groups excluding carboxylic acids is 1. The fourth-order valence-electron chi connectivity index (χ4n) is 5.82. The van der Waals surface area contributed by atoms with Crippen LogP contribution in [0, 0.1) is 5.92 Å². The standard InChI is InChI=1S/C30H34N4O3/c1-36-25-12-9-22(10-13-25)30(35)34-19-23-8-5-15-31-29(23)32-26-14-11-24(18-27(26)34)33-16-17-37-28(20-33)21-6-3-2-4-7-21/h2-8,11,14-15,18,22,25,28H,9-10,12-13,16-17,19-20H2,1H3,(H,31,32). The zero-order chi connectivity index (χ0) is 25.2. The predicted octanol–water partition coefficient (Wildman–Crippen LogP) is 5.45. The minimum absolute atomic E-state index is 0.00646. The summed E-state index contributed by atoms with van der Waals surface area (Å²) in [6.07, 6.45) is 5.65. The van der Waals surface area contributed by atoms with Crippen LogP contribution in [0.15, 0.2) is 66.9 Å². The largest absolute Gasteiger partial charge is 0.381 e. The number of anilines is 4. The summed E-state index contributed by atoms with van der Waals surface area (Å²) in [4.78, 5) is 22.9. The number of ether oxygens (including phenoxy) is 2. The van der Waals surface area contributed by atoms with Gasteiger partial charge < -0.3 is 24.6 Å². The first-order chi connectivity index (χ1) is 18.2. The van der Waals surface area contributed by atoms with Crippen molar-refractivity contribution < 1.29 is 14.3 Å². The second-order valence-corrected chi connectivity index (χ2v) is 10.2. The highest BCUT2D eigenvalue weighted by atomic mass is 16.5. The van der Waals surface area contributed by atoms with Crippen LogP contribution in [0.3, 0.4) is 0 Å². The van der Waals surface area contributed by atoms with E-state index in [2.05, 4.69) is 63.7 Å². The molecule has 7 heteroatoms. The SMILES string of the molecule is COC1CCC(C(=O)N2Cc3cccnc3Nc3ccc(N4CCOC(c5ccccc5)C4)cc32)CC1. The third-order valence-electron chi connectivity index (χ3n) is 7.97. The maximum Gasteiger partial charge on any atom is 0.230 e. The van der Waals surface area contributed by atoms with Crippen molar-refractivity contribution in [2.75, 3.05) is 41.9 Å². The average molecular weight is 499 g/mol. The number of rotatable bonds is 4. The molecule has 192 valence electrons. The smallest absolute Gasteiger partial charge is 0.230 e. The van der Waals surface area contributed by atoms with Crippen LogP contribution in [0.2, 0.25) is 0 Å². The van der Waals surface area contributed by atoms with Crippen molar-refractivity contribution in [1.29, 1.82) is 0 Å². The Morgan fingerprint density at radius 1 is 1.05 bits per heavy atom. The Morgan fingerprint density at radius 3 is 2.70 bits per heavy atom. The average Bonchev–Trinajstić information content (AvgIpc) is 3.14. The molecule has 3 aromatic rings. The minimum atomic E-state index is 0.00646. The van der Waals surface area contributed by atoms with Gasteiger partial charge in [0.2, 0.25) is 5.91 Å². The molecular weight excluding hydrogens is 464 g/mol. The predicted molar refractivity (Wildman–Crippen MR) is 145 cm³/mol. The van der Waals surface area contributed by atoms with Gasteiger partial charge in [0.15, 0.2) is 0 Å². The molecule has 1 amide bonds. The van der Waals surface area contributed by atoms with Crippen LogP contribution in [0.1, 0.15) is 42.9 Å². The van der Waals surface area contributed by atoms with Crippen LogP contribution in [-0.2, 0) is 20.8 Å². The number of carbonyl (C=O) groups is 1. The topological polar surface area (TPSA) is 66.9 Å². The number of nitrogens with one attached hydrogen (secondary N) is 1. The van der Waals surface area contributed by atoms with Gasteiger partial charge in [-0.25, -0.2) is 4.98 Å². The fourth-order valence-corrected chi connectivity index (χ4v) is 5.82. The zero-order valence-electron chi connectivity index (χ0n) is 21.3. The molecule has 2 aromatic carbocycles. The Balaban J connectivity index is 1.31. The van der Waals surface area contributed by atoms with Crippen molar-refractivity contribution in [3.63, 3.8) is 0 Å². The Labute approximate surface area is 218 Å². The number of aromatic nitrogens is 1. The molecule has 3 heterocycles. The maximum atomic E-state index is 14.0. The number of nitrogens with zero attached hydrogens (tertiary/aromatic N) is 3. The summed E-state index contributed by atoms with van der Waals surface area (Å²) in [7, 11) is 1.77. The van der Waals surface area contributed by atoms with E-state index in [0.29, 0.717) is 13.2 Å². The minimum Gasteiger partial charge on any atom is -0.381 e. The zero-order valence-corrected chi connectivity index (χ0v) is 21.3. The summed E-state index contributed by atoms with van der Waals surface area (Å²) in [6, 6.07) is 20.8. The van der Waals surface area contributed by atoms with Crippen LogP contribution in [0.25, 0.3) is 0 Å². The summed E-state index contributed by atoms with van der Waals surface area (Å²) >= 11 is 0. The maximum absolute atomic E-state index is 14.0. The van der Waals surface area contributed by atoms with Crippen molar-refractivity contribution in [1.82, 2.24) is 4.98 Å². The van der Waals surface area contributed by atoms with Crippen molar-refractivity contribution >= 4 is 28.8 Å². The van der Waals surface area contributed by atoms with Gasteiger partial charge in [-0.3, -0.25) is 4.79 Å². The molecule has 1 saturated heterocycles. The van der Waals surface area contributed by atoms with Crippen molar-refractivity contribution in [2.45, 2.75) is 44.4 Å². The monoisotopic (exact) mass is 498 g/mol. The molecule has 1 atom stereocenters. The highest BCUT2D eigenvalue weighted by Crippen LogP contribution is 2.40. The molecule has 1 N–H and O–H groups in total. The lowest BCUT2D eigenvalue weighted by Crippen LogP contribution is -2.39. The van der Waals surface area contributed by atoms with E-state index in [1.54, 1.807) is 13.3 Å². The van der Waals surface area contributed by atoms with Gasteiger partial charge in [0.05, 0.1) is 30.6 Å². The number of methoxy groups -OCH3 is 1. The van der Waals surface area contributed by atoms with Gasteiger partial charge in [0.1, 0.15) is 11.9 Å². The highest BCUT2D eigenvalue weighted by molar-refractivity contribution is 6.00.